The highest BCUT2D eigenvalue weighted by Crippen LogP contribution is 2.23. The molecule has 1 aromatic carbocycles. The fourth-order valence-electron chi connectivity index (χ4n) is 2.38. The van der Waals surface area contributed by atoms with Crippen LogP contribution in [0, 0.1) is 0 Å². The molecule has 0 unspecified atom stereocenters. The number of nitrogens with one attached hydrogen (secondary N) is 1. The number of aromatic nitrogens is 3. The van der Waals surface area contributed by atoms with Gasteiger partial charge in [-0.25, -0.2) is 9.78 Å². The molecular weight excluding hydrogens is 270 g/mol. The molecule has 0 aliphatic heterocycles. The molecule has 0 spiro atoms. The minimum Gasteiger partial charge on any atom is -0.408 e. The van der Waals surface area contributed by atoms with Crippen molar-refractivity contribution >= 4 is 16.7 Å². The van der Waals surface area contributed by atoms with Gasteiger partial charge < -0.3 is 13.9 Å². The number of aromatic amines is 1. The molecule has 0 saturated heterocycles. The molecule has 0 radical (unpaired) electrons. The van der Waals surface area contributed by atoms with Gasteiger partial charge in [-0.05, 0) is 23.8 Å². The molecule has 3 heterocycles. The molecule has 0 fully saturated rings. The second kappa shape index (κ2) is 4.32. The molecule has 6 heteroatoms. The summed E-state index contributed by atoms with van der Waals surface area (Å²) in [7, 11) is 0. The van der Waals surface area contributed by atoms with Gasteiger partial charge in [-0.2, -0.15) is 0 Å². The van der Waals surface area contributed by atoms with E-state index in [4.69, 9.17) is 9.52 Å². The van der Waals surface area contributed by atoms with Gasteiger partial charge in [0, 0.05) is 18.0 Å². The smallest absolute Gasteiger partial charge is 0.408 e. The number of benzene rings is 1. The van der Waals surface area contributed by atoms with E-state index in [1.165, 1.54) is 0 Å². The lowest BCUT2D eigenvalue weighted by Gasteiger charge is -1.96. The predicted octanol–water partition coefficient (Wildman–Crippen LogP) is 1.93. The Balaban J connectivity index is 1.88. The zero-order valence-corrected chi connectivity index (χ0v) is 10.9. The zero-order valence-electron chi connectivity index (χ0n) is 10.9. The molecule has 0 saturated carbocycles. The largest absolute Gasteiger partial charge is 0.417 e. The predicted molar refractivity (Wildman–Crippen MR) is 76.9 cm³/mol. The van der Waals surface area contributed by atoms with Crippen LogP contribution in [0.5, 0.6) is 0 Å². The van der Waals surface area contributed by atoms with Crippen LogP contribution in [0.4, 0.5) is 0 Å². The molecule has 21 heavy (non-hydrogen) atoms. The highest BCUT2D eigenvalue weighted by atomic mass is 16.4. The number of pyridine rings is 1. The third-order valence-electron chi connectivity index (χ3n) is 3.41. The van der Waals surface area contributed by atoms with E-state index in [9.17, 15) is 4.79 Å². The number of aliphatic hydroxyl groups is 1. The number of hydrogen-bond donors (Lipinski definition) is 2. The average Bonchev–Trinajstić information content (AvgIpc) is 3.07. The van der Waals surface area contributed by atoms with Crippen LogP contribution in [0.15, 0.2) is 51.9 Å². The first-order chi connectivity index (χ1) is 10.2. The third-order valence-corrected chi connectivity index (χ3v) is 3.41. The van der Waals surface area contributed by atoms with Gasteiger partial charge >= 0.3 is 5.76 Å². The molecule has 0 bridgehead atoms. The van der Waals surface area contributed by atoms with Gasteiger partial charge in [-0.3, -0.25) is 4.98 Å². The van der Waals surface area contributed by atoms with Crippen molar-refractivity contribution in [3.8, 4) is 11.3 Å². The van der Waals surface area contributed by atoms with E-state index < -0.39 is 5.76 Å². The van der Waals surface area contributed by atoms with Crippen molar-refractivity contribution < 1.29 is 9.52 Å². The summed E-state index contributed by atoms with van der Waals surface area (Å²) in [4.78, 5) is 18.3. The molecule has 104 valence electrons. The van der Waals surface area contributed by atoms with Gasteiger partial charge in [-0.1, -0.05) is 12.1 Å². The minimum atomic E-state index is -0.468. The van der Waals surface area contributed by atoms with Crippen LogP contribution in [-0.2, 0) is 6.61 Å². The molecule has 4 aromatic rings. The van der Waals surface area contributed by atoms with Gasteiger partial charge in [0.15, 0.2) is 5.58 Å². The Labute approximate surface area is 118 Å². The molecule has 2 N–H and O–H groups in total. The number of oxazole rings is 1. The molecule has 0 amide bonds. The quantitative estimate of drug-likeness (QED) is 0.588. The van der Waals surface area contributed by atoms with Crippen LogP contribution in [0.25, 0.3) is 28.0 Å². The Morgan fingerprint density at radius 2 is 2.14 bits per heavy atom. The maximum absolute atomic E-state index is 11.2. The lowest BCUT2D eigenvalue weighted by molar-refractivity contribution is 0.281. The maximum Gasteiger partial charge on any atom is 0.417 e. The van der Waals surface area contributed by atoms with Crippen LogP contribution >= 0.6 is 0 Å². The molecule has 0 atom stereocenters. The van der Waals surface area contributed by atoms with Crippen molar-refractivity contribution in [2.45, 2.75) is 6.61 Å². The van der Waals surface area contributed by atoms with E-state index in [1.807, 2.05) is 35.0 Å². The van der Waals surface area contributed by atoms with E-state index in [1.54, 1.807) is 12.1 Å². The van der Waals surface area contributed by atoms with Gasteiger partial charge in [0.25, 0.3) is 0 Å². The highest BCUT2D eigenvalue weighted by Gasteiger charge is 2.08. The van der Waals surface area contributed by atoms with Gasteiger partial charge in [-0.15, -0.1) is 0 Å². The van der Waals surface area contributed by atoms with Crippen molar-refractivity contribution in [3.05, 3.63) is 58.8 Å². The van der Waals surface area contributed by atoms with Crippen LogP contribution in [-0.4, -0.2) is 19.5 Å². The molecule has 4 rings (SSSR count). The monoisotopic (exact) mass is 281 g/mol. The third kappa shape index (κ3) is 1.93. The summed E-state index contributed by atoms with van der Waals surface area (Å²) in [6, 6.07) is 9.13. The van der Waals surface area contributed by atoms with Crippen molar-refractivity contribution in [2.75, 3.05) is 0 Å². The summed E-state index contributed by atoms with van der Waals surface area (Å²) in [5.41, 5.74) is 4.41. The summed E-state index contributed by atoms with van der Waals surface area (Å²) in [6.45, 7) is -0.0100. The SMILES string of the molecule is O=c1[nH]c2ccc(-c3cn4cc(CO)ccc4n3)cc2o1. The minimum absolute atomic E-state index is 0.0100. The number of aliphatic hydroxyl groups excluding tert-OH is 1. The Morgan fingerprint density at radius 1 is 1.24 bits per heavy atom. The van der Waals surface area contributed by atoms with Crippen molar-refractivity contribution in [2.24, 2.45) is 0 Å². The van der Waals surface area contributed by atoms with Gasteiger partial charge in [0.2, 0.25) is 0 Å². The highest BCUT2D eigenvalue weighted by molar-refractivity contribution is 5.79. The number of hydrogen-bond acceptors (Lipinski definition) is 4. The van der Waals surface area contributed by atoms with Crippen molar-refractivity contribution in [1.82, 2.24) is 14.4 Å². The number of imidazole rings is 1. The van der Waals surface area contributed by atoms with E-state index in [-0.39, 0.29) is 6.61 Å². The first-order valence-corrected chi connectivity index (χ1v) is 6.45. The fourth-order valence-corrected chi connectivity index (χ4v) is 2.38. The number of H-pyrrole nitrogens is 1. The fraction of sp³-hybridized carbons (Fsp3) is 0.0667. The molecule has 6 nitrogen and oxygen atoms in total. The average molecular weight is 281 g/mol. The number of nitrogens with zero attached hydrogens (tertiary/aromatic N) is 2. The first kappa shape index (κ1) is 11.9. The lowest BCUT2D eigenvalue weighted by atomic mass is 10.1. The van der Waals surface area contributed by atoms with Gasteiger partial charge in [0.1, 0.15) is 5.65 Å². The molecule has 3 aromatic heterocycles. The Morgan fingerprint density at radius 3 is 3.00 bits per heavy atom. The van der Waals surface area contributed by atoms with Crippen molar-refractivity contribution in [3.63, 3.8) is 0 Å². The van der Waals surface area contributed by atoms with Crippen LogP contribution in [0.2, 0.25) is 0 Å². The standard InChI is InChI=1S/C15H11N3O3/c19-8-9-1-4-14-16-12(7-18(14)6-9)10-2-3-11-13(5-10)21-15(20)17-11/h1-7,19H,8H2,(H,17,20). The van der Waals surface area contributed by atoms with Crippen LogP contribution < -0.4 is 5.76 Å². The van der Waals surface area contributed by atoms with E-state index in [0.717, 1.165) is 22.5 Å². The summed E-state index contributed by atoms with van der Waals surface area (Å²) >= 11 is 0. The van der Waals surface area contributed by atoms with Crippen LogP contribution in [0.1, 0.15) is 5.56 Å². The topological polar surface area (TPSA) is 83.5 Å². The number of fused-ring (bicyclic) bond motifs is 2. The Hall–Kier alpha value is -2.86. The second-order valence-electron chi connectivity index (χ2n) is 4.81. The maximum atomic E-state index is 11.2. The van der Waals surface area contributed by atoms with E-state index in [2.05, 4.69) is 9.97 Å². The Bertz CT molecular complexity index is 1010. The summed E-state index contributed by atoms with van der Waals surface area (Å²) < 4.78 is 6.92. The van der Waals surface area contributed by atoms with Crippen LogP contribution in [0.3, 0.4) is 0 Å². The summed E-state index contributed by atoms with van der Waals surface area (Å²) in [5.74, 6) is -0.468. The first-order valence-electron chi connectivity index (χ1n) is 6.45. The molecule has 0 aliphatic carbocycles. The van der Waals surface area contributed by atoms with E-state index >= 15 is 0 Å². The van der Waals surface area contributed by atoms with Crippen molar-refractivity contribution in [1.29, 1.82) is 0 Å². The summed E-state index contributed by atoms with van der Waals surface area (Å²) in [6.07, 6.45) is 3.71. The van der Waals surface area contributed by atoms with Gasteiger partial charge in [0.05, 0.1) is 17.8 Å². The molecule has 0 aliphatic rings. The second-order valence-corrected chi connectivity index (χ2v) is 4.81. The zero-order chi connectivity index (χ0) is 14.4. The molecular formula is C15H11N3O3. The number of rotatable bonds is 2. The lowest BCUT2D eigenvalue weighted by Crippen LogP contribution is -1.92. The Kier molecular flexibility index (Phi) is 2.45. The summed E-state index contributed by atoms with van der Waals surface area (Å²) in [5, 5.41) is 9.16. The normalized spacial score (nSPS) is 11.5. The van der Waals surface area contributed by atoms with E-state index in [0.29, 0.717) is 11.1 Å².